The van der Waals surface area contributed by atoms with E-state index in [9.17, 15) is 4.79 Å². The number of furan rings is 1. The Morgan fingerprint density at radius 3 is 2.92 bits per heavy atom. The van der Waals surface area contributed by atoms with E-state index in [4.69, 9.17) is 9.15 Å². The summed E-state index contributed by atoms with van der Waals surface area (Å²) in [6.45, 7) is 4.96. The molecule has 4 rings (SSSR count). The van der Waals surface area contributed by atoms with Crippen molar-refractivity contribution in [2.75, 3.05) is 25.2 Å². The molecule has 0 radical (unpaired) electrons. The Bertz CT molecular complexity index is 909. The van der Waals surface area contributed by atoms with Crippen LogP contribution in [0.4, 0.5) is 5.69 Å². The first-order chi connectivity index (χ1) is 11.5. The lowest BCUT2D eigenvalue weighted by molar-refractivity contribution is -0.122. The van der Waals surface area contributed by atoms with Crippen molar-refractivity contribution in [3.8, 4) is 11.4 Å². The number of imidazole rings is 1. The van der Waals surface area contributed by atoms with Crippen LogP contribution in [0.1, 0.15) is 19.4 Å². The molecule has 0 saturated heterocycles. The lowest BCUT2D eigenvalue weighted by atomic mass is 9.86. The second-order valence-corrected chi connectivity index (χ2v) is 6.56. The maximum atomic E-state index is 12.8. The molecule has 0 saturated carbocycles. The molecule has 0 atom stereocenters. The summed E-state index contributed by atoms with van der Waals surface area (Å²) in [5.74, 6) is 0.854. The van der Waals surface area contributed by atoms with E-state index in [1.807, 2.05) is 32.0 Å². The molecular weight excluding hydrogens is 306 g/mol. The number of amides is 1. The summed E-state index contributed by atoms with van der Waals surface area (Å²) in [6, 6.07) is 5.88. The van der Waals surface area contributed by atoms with E-state index in [0.717, 1.165) is 33.7 Å². The van der Waals surface area contributed by atoms with Gasteiger partial charge in [0.15, 0.2) is 0 Å². The van der Waals surface area contributed by atoms with Crippen LogP contribution in [0.15, 0.2) is 35.1 Å². The number of rotatable bonds is 4. The van der Waals surface area contributed by atoms with E-state index >= 15 is 0 Å². The number of benzene rings is 1. The first kappa shape index (κ1) is 15.0. The Hall–Kier alpha value is -2.60. The van der Waals surface area contributed by atoms with Crippen LogP contribution in [0.3, 0.4) is 0 Å². The van der Waals surface area contributed by atoms with Crippen molar-refractivity contribution in [2.45, 2.75) is 19.3 Å². The SMILES string of the molecule is COCCN1C(=O)C(C)(C)c2cc3[nH]c(-c4ccoc4)nc3cc21. The van der Waals surface area contributed by atoms with Gasteiger partial charge in [-0.1, -0.05) is 0 Å². The van der Waals surface area contributed by atoms with Gasteiger partial charge in [0.2, 0.25) is 5.91 Å². The van der Waals surface area contributed by atoms with Gasteiger partial charge in [-0.3, -0.25) is 4.79 Å². The third-order valence-corrected chi connectivity index (χ3v) is 4.66. The predicted octanol–water partition coefficient (Wildman–Crippen LogP) is 3.09. The van der Waals surface area contributed by atoms with Crippen LogP contribution in [0, 0.1) is 0 Å². The number of carbonyl (C=O) groups excluding carboxylic acids is 1. The van der Waals surface area contributed by atoms with Gasteiger partial charge in [-0.15, -0.1) is 0 Å². The number of carbonyl (C=O) groups is 1. The fraction of sp³-hybridized carbons (Fsp3) is 0.333. The molecule has 6 heteroatoms. The first-order valence-corrected chi connectivity index (χ1v) is 7.90. The molecule has 0 spiro atoms. The summed E-state index contributed by atoms with van der Waals surface area (Å²) >= 11 is 0. The highest BCUT2D eigenvalue weighted by Gasteiger charge is 2.44. The van der Waals surface area contributed by atoms with Gasteiger partial charge in [-0.2, -0.15) is 0 Å². The minimum atomic E-state index is -0.557. The third kappa shape index (κ3) is 2.06. The molecule has 0 unspecified atom stereocenters. The molecule has 1 aliphatic rings. The summed E-state index contributed by atoms with van der Waals surface area (Å²) in [6.07, 6.45) is 3.28. The van der Waals surface area contributed by atoms with E-state index in [-0.39, 0.29) is 5.91 Å². The topological polar surface area (TPSA) is 71.4 Å². The van der Waals surface area contributed by atoms with Crippen LogP contribution in [0.5, 0.6) is 0 Å². The van der Waals surface area contributed by atoms with E-state index < -0.39 is 5.41 Å². The number of nitrogens with one attached hydrogen (secondary N) is 1. The number of aromatic amines is 1. The normalized spacial score (nSPS) is 16.1. The molecule has 1 N–H and O–H groups in total. The van der Waals surface area contributed by atoms with Crippen LogP contribution in [0.2, 0.25) is 0 Å². The van der Waals surface area contributed by atoms with E-state index in [0.29, 0.717) is 13.2 Å². The fourth-order valence-electron chi connectivity index (χ4n) is 3.27. The van der Waals surface area contributed by atoms with Crippen molar-refractivity contribution in [3.05, 3.63) is 36.3 Å². The minimum Gasteiger partial charge on any atom is -0.472 e. The Morgan fingerprint density at radius 2 is 2.21 bits per heavy atom. The molecule has 124 valence electrons. The molecule has 1 aliphatic heterocycles. The van der Waals surface area contributed by atoms with Crippen LogP contribution < -0.4 is 4.90 Å². The fourth-order valence-corrected chi connectivity index (χ4v) is 3.27. The Balaban J connectivity index is 1.85. The van der Waals surface area contributed by atoms with Gasteiger partial charge < -0.3 is 19.0 Å². The molecular formula is C18H19N3O3. The number of methoxy groups -OCH3 is 1. The highest BCUT2D eigenvalue weighted by Crippen LogP contribution is 2.43. The van der Waals surface area contributed by atoms with E-state index in [1.54, 1.807) is 24.5 Å². The summed E-state index contributed by atoms with van der Waals surface area (Å²) in [7, 11) is 1.64. The van der Waals surface area contributed by atoms with Crippen molar-refractivity contribution in [1.82, 2.24) is 9.97 Å². The first-order valence-electron chi connectivity index (χ1n) is 7.90. The Morgan fingerprint density at radius 1 is 1.38 bits per heavy atom. The highest BCUT2D eigenvalue weighted by atomic mass is 16.5. The van der Waals surface area contributed by atoms with Gasteiger partial charge in [0.05, 0.1) is 40.6 Å². The summed E-state index contributed by atoms with van der Waals surface area (Å²) < 4.78 is 10.3. The smallest absolute Gasteiger partial charge is 0.237 e. The van der Waals surface area contributed by atoms with E-state index in [2.05, 4.69) is 9.97 Å². The van der Waals surface area contributed by atoms with Gasteiger partial charge in [0.1, 0.15) is 12.1 Å². The molecule has 2 aromatic heterocycles. The van der Waals surface area contributed by atoms with E-state index in [1.165, 1.54) is 0 Å². The quantitative estimate of drug-likeness (QED) is 0.800. The molecule has 3 heterocycles. The Kier molecular flexibility index (Phi) is 3.25. The standard InChI is InChI=1S/C18H19N3O3/c1-18(2)12-8-13-14(20-16(19-13)11-4-6-24-10-11)9-15(12)21(17(18)22)5-7-23-3/h4,6,8-10H,5,7H2,1-3H3,(H,19,20). The number of aromatic nitrogens is 2. The van der Waals surface area contributed by atoms with Crippen LogP contribution in [-0.4, -0.2) is 36.1 Å². The molecule has 1 aromatic carbocycles. The van der Waals surface area contributed by atoms with Crippen molar-refractivity contribution in [3.63, 3.8) is 0 Å². The molecule has 0 fully saturated rings. The number of nitrogens with zero attached hydrogens (tertiary/aromatic N) is 2. The molecule has 1 amide bonds. The number of H-pyrrole nitrogens is 1. The molecule has 24 heavy (non-hydrogen) atoms. The van der Waals surface area contributed by atoms with Crippen LogP contribution >= 0.6 is 0 Å². The van der Waals surface area contributed by atoms with Gasteiger partial charge in [0.25, 0.3) is 0 Å². The lowest BCUT2D eigenvalue weighted by Crippen LogP contribution is -2.37. The maximum absolute atomic E-state index is 12.8. The number of anilines is 1. The summed E-state index contributed by atoms with van der Waals surface area (Å²) in [4.78, 5) is 22.5. The van der Waals surface area contributed by atoms with Gasteiger partial charge in [-0.05, 0) is 37.6 Å². The van der Waals surface area contributed by atoms with Crippen LogP contribution in [-0.2, 0) is 14.9 Å². The minimum absolute atomic E-state index is 0.0947. The number of fused-ring (bicyclic) bond motifs is 2. The van der Waals surface area contributed by atoms with Crippen molar-refractivity contribution >= 4 is 22.6 Å². The van der Waals surface area contributed by atoms with Crippen molar-refractivity contribution < 1.29 is 13.9 Å². The zero-order valence-corrected chi connectivity index (χ0v) is 13.9. The summed E-state index contributed by atoms with van der Waals surface area (Å²) in [5, 5.41) is 0. The third-order valence-electron chi connectivity index (χ3n) is 4.66. The second kappa shape index (κ2) is 5.21. The number of ether oxygens (including phenoxy) is 1. The van der Waals surface area contributed by atoms with Crippen molar-refractivity contribution in [2.24, 2.45) is 0 Å². The number of hydrogen-bond acceptors (Lipinski definition) is 4. The zero-order valence-electron chi connectivity index (χ0n) is 13.9. The Labute approximate surface area is 139 Å². The van der Waals surface area contributed by atoms with Gasteiger partial charge in [-0.25, -0.2) is 4.98 Å². The average molecular weight is 325 g/mol. The number of hydrogen-bond donors (Lipinski definition) is 1. The molecule has 0 bridgehead atoms. The second-order valence-electron chi connectivity index (χ2n) is 6.56. The largest absolute Gasteiger partial charge is 0.472 e. The molecule has 0 aliphatic carbocycles. The highest BCUT2D eigenvalue weighted by molar-refractivity contribution is 6.09. The maximum Gasteiger partial charge on any atom is 0.237 e. The van der Waals surface area contributed by atoms with Crippen molar-refractivity contribution in [1.29, 1.82) is 0 Å². The van der Waals surface area contributed by atoms with Gasteiger partial charge >= 0.3 is 0 Å². The predicted molar refractivity (Wildman–Crippen MR) is 91.1 cm³/mol. The zero-order chi connectivity index (χ0) is 16.9. The average Bonchev–Trinajstić information content (AvgIpc) is 3.25. The summed E-state index contributed by atoms with van der Waals surface area (Å²) in [5.41, 5.74) is 4.02. The lowest BCUT2D eigenvalue weighted by Gasteiger charge is -2.19. The van der Waals surface area contributed by atoms with Gasteiger partial charge in [0, 0.05) is 13.7 Å². The van der Waals surface area contributed by atoms with Crippen LogP contribution in [0.25, 0.3) is 22.4 Å². The monoisotopic (exact) mass is 325 g/mol. The molecule has 3 aromatic rings. The molecule has 6 nitrogen and oxygen atoms in total.